The fraction of sp³-hybridized carbons (Fsp3) is 0.476. The van der Waals surface area contributed by atoms with Gasteiger partial charge < -0.3 is 20.3 Å². The summed E-state index contributed by atoms with van der Waals surface area (Å²) in [5.74, 6) is 1.68. The maximum atomic E-state index is 12.0. The minimum absolute atomic E-state index is 0.0650. The molecule has 3 rings (SSSR count). The molecule has 0 saturated carbocycles. The van der Waals surface area contributed by atoms with Crippen molar-refractivity contribution < 1.29 is 18.6 Å². The lowest BCUT2D eigenvalue weighted by Gasteiger charge is -2.30. The first-order valence-corrected chi connectivity index (χ1v) is 12.4. The molecule has 2 heterocycles. The Morgan fingerprint density at radius 2 is 1.87 bits per heavy atom. The second kappa shape index (κ2) is 10.3. The number of hydrogen-bond donors (Lipinski definition) is 4. The summed E-state index contributed by atoms with van der Waals surface area (Å²) >= 11 is 0. The number of benzene rings is 1. The van der Waals surface area contributed by atoms with Crippen LogP contribution >= 0.6 is 10.6 Å². The number of carbonyl (C=O) groups excluding carboxylic acids is 1. The number of nitrogens with one attached hydrogen (secondary N) is 2. The van der Waals surface area contributed by atoms with E-state index in [0.717, 1.165) is 11.4 Å². The summed E-state index contributed by atoms with van der Waals surface area (Å²) in [5, 5.41) is 5.62. The minimum atomic E-state index is -2.74. The van der Waals surface area contributed by atoms with Crippen molar-refractivity contribution in [3.8, 4) is 11.4 Å². The van der Waals surface area contributed by atoms with Crippen LogP contribution in [0, 0.1) is 5.92 Å². The van der Waals surface area contributed by atoms with Crippen LogP contribution in [0.2, 0.25) is 0 Å². The van der Waals surface area contributed by atoms with Crippen LogP contribution < -0.4 is 15.5 Å². The van der Waals surface area contributed by atoms with E-state index in [1.165, 1.54) is 6.26 Å². The highest BCUT2D eigenvalue weighted by atomic mass is 32.3. The summed E-state index contributed by atoms with van der Waals surface area (Å²) in [6, 6.07) is 8.82. The Labute approximate surface area is 184 Å². The summed E-state index contributed by atoms with van der Waals surface area (Å²) in [4.78, 5) is 23.3. The molecule has 10 heteroatoms. The third kappa shape index (κ3) is 7.35. The van der Waals surface area contributed by atoms with Gasteiger partial charge in [0.05, 0.1) is 24.7 Å². The van der Waals surface area contributed by atoms with Crippen LogP contribution in [-0.4, -0.2) is 64.2 Å². The van der Waals surface area contributed by atoms with Crippen molar-refractivity contribution in [3.63, 3.8) is 0 Å². The Hall–Kier alpha value is -2.40. The van der Waals surface area contributed by atoms with Gasteiger partial charge in [0.1, 0.15) is 5.82 Å². The molecular weight excluding hydrogens is 418 g/mol. The molecule has 1 aromatic carbocycles. The number of hydrogen-bond acceptors (Lipinski definition) is 7. The van der Waals surface area contributed by atoms with Crippen LogP contribution in [-0.2, 0) is 10.5 Å². The van der Waals surface area contributed by atoms with Gasteiger partial charge in [0.25, 0.3) is 0 Å². The first-order chi connectivity index (χ1) is 14.7. The molecule has 9 nitrogen and oxygen atoms in total. The van der Waals surface area contributed by atoms with Gasteiger partial charge in [-0.1, -0.05) is 13.8 Å². The van der Waals surface area contributed by atoms with Crippen LogP contribution in [0.1, 0.15) is 19.5 Å². The van der Waals surface area contributed by atoms with Gasteiger partial charge in [-0.15, -0.1) is 0 Å². The molecule has 0 bridgehead atoms. The second-order valence-corrected chi connectivity index (χ2v) is 10.4. The highest BCUT2D eigenvalue weighted by Gasteiger charge is 2.18. The highest BCUT2D eigenvalue weighted by Crippen LogP contribution is 2.38. The summed E-state index contributed by atoms with van der Waals surface area (Å²) in [6.07, 6.45) is 1.41. The van der Waals surface area contributed by atoms with Gasteiger partial charge in [-0.05, 0) is 30.2 Å². The lowest BCUT2D eigenvalue weighted by molar-refractivity contribution is 0.122. The fourth-order valence-corrected chi connectivity index (χ4v) is 3.80. The van der Waals surface area contributed by atoms with Gasteiger partial charge in [0.15, 0.2) is 5.82 Å². The standard InChI is InChI=1S/C21H31N5O4S/c1-15(2)13-22-21(27)24-17-6-4-16(5-7-17)20-23-18(14-31(3,28)29)12-19(25-20)26-8-10-30-11-9-26/h4-7,12,15,28-29H,8-11,13-14H2,1-3H3,(H2,22,24,27). The van der Waals surface area contributed by atoms with Crippen molar-refractivity contribution in [1.82, 2.24) is 15.3 Å². The van der Waals surface area contributed by atoms with Crippen molar-refractivity contribution in [1.29, 1.82) is 0 Å². The number of amides is 2. The molecule has 2 aromatic rings. The summed E-state index contributed by atoms with van der Waals surface area (Å²) < 4.78 is 25.3. The lowest BCUT2D eigenvalue weighted by Crippen LogP contribution is -2.37. The maximum absolute atomic E-state index is 12.0. The van der Waals surface area contributed by atoms with Crippen LogP contribution in [0.15, 0.2) is 30.3 Å². The average molecular weight is 450 g/mol. The van der Waals surface area contributed by atoms with E-state index in [-0.39, 0.29) is 11.8 Å². The van der Waals surface area contributed by atoms with Crippen LogP contribution in [0.4, 0.5) is 16.3 Å². The average Bonchev–Trinajstić information content (AvgIpc) is 2.72. The summed E-state index contributed by atoms with van der Waals surface area (Å²) in [5.41, 5.74) is 2.01. The molecule has 1 fully saturated rings. The molecule has 1 saturated heterocycles. The first kappa shape index (κ1) is 23.3. The largest absolute Gasteiger partial charge is 0.378 e. The van der Waals surface area contributed by atoms with E-state index in [9.17, 15) is 13.9 Å². The number of morpholine rings is 1. The molecule has 0 atom stereocenters. The topological polar surface area (TPSA) is 120 Å². The number of anilines is 2. The van der Waals surface area contributed by atoms with Crippen molar-refractivity contribution in [2.45, 2.75) is 19.6 Å². The van der Waals surface area contributed by atoms with Gasteiger partial charge in [-0.25, -0.2) is 14.8 Å². The van der Waals surface area contributed by atoms with Crippen LogP contribution in [0.3, 0.4) is 0 Å². The number of rotatable bonds is 7. The van der Waals surface area contributed by atoms with Crippen molar-refractivity contribution in [3.05, 3.63) is 36.0 Å². The number of urea groups is 1. The molecule has 2 amide bonds. The third-order valence-corrected chi connectivity index (χ3v) is 5.44. The predicted molar refractivity (Wildman–Crippen MR) is 125 cm³/mol. The van der Waals surface area contributed by atoms with E-state index in [1.807, 2.05) is 32.0 Å². The Balaban J connectivity index is 1.81. The predicted octanol–water partition coefficient (Wildman–Crippen LogP) is 3.64. The molecular formula is C21H31N5O4S. The SMILES string of the molecule is CC(C)CNC(=O)Nc1ccc(-c2nc(CS(C)(O)O)cc(N3CCOCC3)n2)cc1. The van der Waals surface area contributed by atoms with Crippen molar-refractivity contribution in [2.24, 2.45) is 5.92 Å². The van der Waals surface area contributed by atoms with Gasteiger partial charge in [0.2, 0.25) is 0 Å². The molecule has 31 heavy (non-hydrogen) atoms. The van der Waals surface area contributed by atoms with Gasteiger partial charge >= 0.3 is 6.03 Å². The zero-order valence-corrected chi connectivity index (χ0v) is 19.0. The molecule has 0 unspecified atom stereocenters. The van der Waals surface area contributed by atoms with E-state index < -0.39 is 10.6 Å². The smallest absolute Gasteiger partial charge is 0.319 e. The molecule has 0 aliphatic carbocycles. The molecule has 0 radical (unpaired) electrons. The molecule has 4 N–H and O–H groups in total. The van der Waals surface area contributed by atoms with Crippen molar-refractivity contribution in [2.75, 3.05) is 49.3 Å². The normalized spacial score (nSPS) is 15.1. The minimum Gasteiger partial charge on any atom is -0.378 e. The number of aromatic nitrogens is 2. The van der Waals surface area contributed by atoms with E-state index in [2.05, 4.69) is 20.5 Å². The zero-order chi connectivity index (χ0) is 22.4. The fourth-order valence-electron chi connectivity index (χ4n) is 3.10. The zero-order valence-electron chi connectivity index (χ0n) is 18.2. The first-order valence-electron chi connectivity index (χ1n) is 10.3. The summed E-state index contributed by atoms with van der Waals surface area (Å²) in [7, 11) is -2.74. The monoisotopic (exact) mass is 449 g/mol. The summed E-state index contributed by atoms with van der Waals surface area (Å²) in [6.45, 7) is 7.34. The van der Waals surface area contributed by atoms with Crippen molar-refractivity contribution >= 4 is 28.1 Å². The Morgan fingerprint density at radius 3 is 2.48 bits per heavy atom. The Kier molecular flexibility index (Phi) is 7.71. The van der Waals surface area contributed by atoms with Gasteiger partial charge in [-0.2, -0.15) is 10.6 Å². The van der Waals surface area contributed by atoms with E-state index in [4.69, 9.17) is 9.72 Å². The Morgan fingerprint density at radius 1 is 1.19 bits per heavy atom. The molecule has 0 spiro atoms. The molecule has 1 aliphatic heterocycles. The van der Waals surface area contributed by atoms with Gasteiger partial charge in [0, 0.05) is 43.2 Å². The third-order valence-electron chi connectivity index (χ3n) is 4.59. The number of carbonyl (C=O) groups is 1. The van der Waals surface area contributed by atoms with E-state index in [0.29, 0.717) is 56.0 Å². The maximum Gasteiger partial charge on any atom is 0.319 e. The van der Waals surface area contributed by atoms with Crippen LogP contribution in [0.5, 0.6) is 0 Å². The number of ether oxygens (including phenoxy) is 1. The van der Waals surface area contributed by atoms with Crippen LogP contribution in [0.25, 0.3) is 11.4 Å². The van der Waals surface area contributed by atoms with E-state index >= 15 is 0 Å². The van der Waals surface area contributed by atoms with E-state index in [1.54, 1.807) is 12.1 Å². The highest BCUT2D eigenvalue weighted by molar-refractivity contribution is 8.23. The second-order valence-electron chi connectivity index (χ2n) is 8.08. The number of nitrogens with zero attached hydrogens (tertiary/aromatic N) is 3. The quantitative estimate of drug-likeness (QED) is 0.509. The molecule has 170 valence electrons. The lowest BCUT2D eigenvalue weighted by atomic mass is 10.2. The molecule has 1 aliphatic rings. The van der Waals surface area contributed by atoms with Gasteiger partial charge in [-0.3, -0.25) is 9.11 Å². The Bertz CT molecular complexity index is 880. The molecule has 1 aromatic heterocycles.